The molecule has 1 N–H and O–H groups in total. The van der Waals surface area contributed by atoms with Crippen LogP contribution in [0.5, 0.6) is 0 Å². The largest absolute Gasteiger partial charge is 0.379 e. The summed E-state index contributed by atoms with van der Waals surface area (Å²) in [7, 11) is -2.57. The van der Waals surface area contributed by atoms with Crippen molar-refractivity contribution in [3.05, 3.63) is 10.2 Å². The first kappa shape index (κ1) is 15.5. The lowest BCUT2D eigenvalue weighted by Crippen LogP contribution is -2.40. The molecule has 0 aromatic heterocycles. The number of carbonyl (C=O) groups is 1. The predicted molar refractivity (Wildman–Crippen MR) is 73.8 cm³/mol. The van der Waals surface area contributed by atoms with Crippen molar-refractivity contribution < 1.29 is 17.9 Å². The summed E-state index contributed by atoms with van der Waals surface area (Å²) in [6.45, 7) is 1.02. The Morgan fingerprint density at radius 1 is 1.35 bits per heavy atom. The Labute approximate surface area is 126 Å². The Balaban J connectivity index is 2.37. The van der Waals surface area contributed by atoms with E-state index in [-0.39, 0.29) is 29.1 Å². The van der Waals surface area contributed by atoms with Crippen LogP contribution in [0.25, 0.3) is 0 Å². The third-order valence-corrected chi connectivity index (χ3v) is 4.56. The average molecular weight is 343 g/mol. The van der Waals surface area contributed by atoms with Gasteiger partial charge in [-0.05, 0) is 0 Å². The van der Waals surface area contributed by atoms with Crippen LogP contribution in [0.15, 0.2) is 14.6 Å². The fourth-order valence-corrected chi connectivity index (χ4v) is 3.12. The molecule has 2 amide bonds. The zero-order chi connectivity index (χ0) is 14.9. The van der Waals surface area contributed by atoms with Crippen LogP contribution in [-0.4, -0.2) is 62.8 Å². The molecule has 0 radical (unpaired) electrons. The fraction of sp³-hybridized carbons (Fsp3) is 0.556. The molecule has 112 valence electrons. The van der Waals surface area contributed by atoms with Gasteiger partial charge in [-0.15, -0.1) is 4.40 Å². The van der Waals surface area contributed by atoms with E-state index < -0.39 is 16.2 Å². The van der Waals surface area contributed by atoms with Crippen molar-refractivity contribution in [2.24, 2.45) is 4.40 Å². The molecule has 2 saturated heterocycles. The lowest BCUT2D eigenvalue weighted by Gasteiger charge is -2.24. The Bertz CT molecular complexity index is 579. The highest BCUT2D eigenvalue weighted by molar-refractivity contribution is 7.88. The maximum absolute atomic E-state index is 12.2. The number of hydrogen-bond acceptors (Lipinski definition) is 4. The maximum Gasteiger partial charge on any atom is 0.327 e. The van der Waals surface area contributed by atoms with Crippen LogP contribution >= 0.6 is 23.2 Å². The van der Waals surface area contributed by atoms with E-state index in [1.807, 2.05) is 0 Å². The number of amides is 2. The standard InChI is InChI=1S/C9H12Cl2N4O4S/c1-14-8(6(7(10)11)12-9(14)16)13-20(17,18)15-2-4-19-5-3-15/h2-5H2,1H3,(H,12,16). The van der Waals surface area contributed by atoms with Crippen LogP contribution in [-0.2, 0) is 14.9 Å². The summed E-state index contributed by atoms with van der Waals surface area (Å²) in [5, 5.41) is 2.34. The zero-order valence-electron chi connectivity index (χ0n) is 10.5. The minimum absolute atomic E-state index is 0.0299. The van der Waals surface area contributed by atoms with Crippen molar-refractivity contribution in [3.63, 3.8) is 0 Å². The first-order chi connectivity index (χ1) is 9.33. The van der Waals surface area contributed by atoms with Gasteiger partial charge in [0.1, 0.15) is 10.2 Å². The molecule has 20 heavy (non-hydrogen) atoms. The molecule has 2 aliphatic rings. The Kier molecular flexibility index (Phi) is 4.55. The second-order valence-corrected chi connectivity index (χ2v) is 6.57. The molecule has 0 bridgehead atoms. The van der Waals surface area contributed by atoms with E-state index in [9.17, 15) is 13.2 Å². The lowest BCUT2D eigenvalue weighted by molar-refractivity contribution is 0.0730. The van der Waals surface area contributed by atoms with Crippen molar-refractivity contribution in [1.29, 1.82) is 0 Å². The molecule has 0 saturated carbocycles. The molecule has 8 nitrogen and oxygen atoms in total. The van der Waals surface area contributed by atoms with Gasteiger partial charge in [0.15, 0.2) is 5.84 Å². The van der Waals surface area contributed by atoms with E-state index in [4.69, 9.17) is 27.9 Å². The van der Waals surface area contributed by atoms with Gasteiger partial charge in [0.05, 0.1) is 13.2 Å². The molecule has 0 aromatic carbocycles. The summed E-state index contributed by atoms with van der Waals surface area (Å²) >= 11 is 11.2. The van der Waals surface area contributed by atoms with Gasteiger partial charge in [0.25, 0.3) is 0 Å². The van der Waals surface area contributed by atoms with Crippen molar-refractivity contribution in [2.45, 2.75) is 0 Å². The molecule has 0 atom stereocenters. The maximum atomic E-state index is 12.2. The number of carbonyl (C=O) groups excluding carboxylic acids is 1. The number of nitrogens with zero attached hydrogens (tertiary/aromatic N) is 3. The number of amidine groups is 1. The van der Waals surface area contributed by atoms with Crippen LogP contribution in [0.3, 0.4) is 0 Å². The van der Waals surface area contributed by atoms with Crippen LogP contribution in [0.4, 0.5) is 4.79 Å². The number of halogens is 2. The normalized spacial score (nSPS) is 23.4. The van der Waals surface area contributed by atoms with Crippen molar-refractivity contribution in [1.82, 2.24) is 14.5 Å². The Hall–Kier alpha value is -0.870. The smallest absolute Gasteiger partial charge is 0.327 e. The molecule has 0 aromatic rings. The fourth-order valence-electron chi connectivity index (χ4n) is 1.69. The van der Waals surface area contributed by atoms with E-state index in [0.29, 0.717) is 13.2 Å². The van der Waals surface area contributed by atoms with Crippen molar-refractivity contribution in [3.8, 4) is 0 Å². The van der Waals surface area contributed by atoms with Gasteiger partial charge in [-0.25, -0.2) is 4.79 Å². The van der Waals surface area contributed by atoms with E-state index in [1.165, 1.54) is 11.4 Å². The predicted octanol–water partition coefficient (Wildman–Crippen LogP) is 0.264. The van der Waals surface area contributed by atoms with Gasteiger partial charge >= 0.3 is 16.2 Å². The Morgan fingerprint density at radius 3 is 2.50 bits per heavy atom. The Morgan fingerprint density at radius 2 is 1.95 bits per heavy atom. The van der Waals surface area contributed by atoms with Crippen LogP contribution in [0, 0.1) is 0 Å². The molecule has 2 fully saturated rings. The summed E-state index contributed by atoms with van der Waals surface area (Å²) in [6.07, 6.45) is 0. The number of likely N-dealkylation sites (N-methyl/N-ethyl adjacent to an activating group) is 1. The molecule has 0 spiro atoms. The number of morpholine rings is 1. The second kappa shape index (κ2) is 5.86. The van der Waals surface area contributed by atoms with Crippen LogP contribution in [0.2, 0.25) is 0 Å². The highest BCUT2D eigenvalue weighted by Crippen LogP contribution is 2.21. The van der Waals surface area contributed by atoms with Gasteiger partial charge < -0.3 is 10.1 Å². The van der Waals surface area contributed by atoms with E-state index in [0.717, 1.165) is 4.90 Å². The minimum Gasteiger partial charge on any atom is -0.379 e. The first-order valence-corrected chi connectivity index (χ1v) is 7.76. The van der Waals surface area contributed by atoms with Crippen molar-refractivity contribution in [2.75, 3.05) is 33.4 Å². The summed E-state index contributed by atoms with van der Waals surface area (Å²) in [5.41, 5.74) is -0.0299. The minimum atomic E-state index is -3.93. The van der Waals surface area contributed by atoms with Gasteiger partial charge in [0, 0.05) is 20.1 Å². The number of hydrogen-bond donors (Lipinski definition) is 1. The monoisotopic (exact) mass is 342 g/mol. The molecular formula is C9H12Cl2N4O4S. The molecule has 2 rings (SSSR count). The number of ether oxygens (including phenoxy) is 1. The lowest BCUT2D eigenvalue weighted by atomic mass is 10.5. The molecular weight excluding hydrogens is 331 g/mol. The summed E-state index contributed by atoms with van der Waals surface area (Å²) in [4.78, 5) is 12.5. The number of nitrogens with one attached hydrogen (secondary N) is 1. The van der Waals surface area contributed by atoms with Gasteiger partial charge in [-0.2, -0.15) is 12.7 Å². The molecule has 0 aliphatic carbocycles. The highest BCUT2D eigenvalue weighted by Gasteiger charge is 2.34. The van der Waals surface area contributed by atoms with E-state index in [2.05, 4.69) is 9.71 Å². The van der Waals surface area contributed by atoms with Crippen molar-refractivity contribution >= 4 is 45.3 Å². The van der Waals surface area contributed by atoms with Gasteiger partial charge in [-0.1, -0.05) is 23.2 Å². The molecule has 2 aliphatic heterocycles. The average Bonchev–Trinajstić information content (AvgIpc) is 2.68. The molecule has 2 heterocycles. The van der Waals surface area contributed by atoms with E-state index >= 15 is 0 Å². The quantitative estimate of drug-likeness (QED) is 0.779. The highest BCUT2D eigenvalue weighted by atomic mass is 35.5. The SMILES string of the molecule is CN1C(=O)NC(=C(Cl)Cl)C1=NS(=O)(=O)N1CCOCC1. The second-order valence-electron chi connectivity index (χ2n) is 4.03. The molecule has 0 unspecified atom stereocenters. The number of urea groups is 1. The van der Waals surface area contributed by atoms with Gasteiger partial charge in [0.2, 0.25) is 0 Å². The van der Waals surface area contributed by atoms with Crippen LogP contribution in [0.1, 0.15) is 0 Å². The third kappa shape index (κ3) is 3.07. The topological polar surface area (TPSA) is 91.3 Å². The zero-order valence-corrected chi connectivity index (χ0v) is 12.8. The summed E-state index contributed by atoms with van der Waals surface area (Å²) in [6, 6.07) is -0.560. The first-order valence-electron chi connectivity index (χ1n) is 5.61. The summed E-state index contributed by atoms with van der Waals surface area (Å²) < 4.78 is 34.0. The van der Waals surface area contributed by atoms with E-state index in [1.54, 1.807) is 0 Å². The number of rotatable bonds is 2. The molecule has 11 heteroatoms. The van der Waals surface area contributed by atoms with Gasteiger partial charge in [-0.3, -0.25) is 4.90 Å². The summed E-state index contributed by atoms with van der Waals surface area (Å²) in [5.74, 6) is -0.138. The van der Waals surface area contributed by atoms with Crippen LogP contribution < -0.4 is 5.32 Å². The third-order valence-electron chi connectivity index (χ3n) is 2.77.